The monoisotopic (exact) mass is 625 g/mol. The zero-order valence-electron chi connectivity index (χ0n) is 21.9. The number of benzene rings is 2. The Kier molecular flexibility index (Phi) is 9.24. The summed E-state index contributed by atoms with van der Waals surface area (Å²) in [5.74, 6) is 0.464. The van der Waals surface area contributed by atoms with Crippen molar-refractivity contribution in [2.75, 3.05) is 38.3 Å². The normalized spacial score (nSPS) is 13.2. The number of sulfonamides is 1. The van der Waals surface area contributed by atoms with E-state index in [-0.39, 0.29) is 49.5 Å². The molecule has 1 aromatic heterocycles. The minimum atomic E-state index is -4.08. The van der Waals surface area contributed by atoms with E-state index in [9.17, 15) is 13.2 Å². The smallest absolute Gasteiger partial charge is 0.338 e. The van der Waals surface area contributed by atoms with Crippen molar-refractivity contribution in [1.82, 2.24) is 0 Å². The molecule has 0 N–H and O–H groups in total. The third kappa shape index (κ3) is 6.20. The van der Waals surface area contributed by atoms with Crippen LogP contribution in [0, 0.1) is 0 Å². The Morgan fingerprint density at radius 1 is 1.07 bits per heavy atom. The molecular weight excluding hydrogens is 601 g/mol. The molecule has 0 saturated heterocycles. The molecule has 0 spiro atoms. The Hall–Kier alpha value is -3.32. The average Bonchev–Trinajstić information content (AvgIpc) is 3.35. The lowest BCUT2D eigenvalue weighted by Crippen LogP contribution is -2.28. The van der Waals surface area contributed by atoms with Crippen molar-refractivity contribution in [2.24, 2.45) is 10.2 Å². The third-order valence-electron chi connectivity index (χ3n) is 5.64. The highest BCUT2D eigenvalue weighted by Crippen LogP contribution is 2.37. The number of hydrogen-bond donors (Lipinski definition) is 0. The van der Waals surface area contributed by atoms with Crippen LogP contribution in [-0.2, 0) is 19.5 Å². The summed E-state index contributed by atoms with van der Waals surface area (Å²) in [6, 6.07) is 10.8. The van der Waals surface area contributed by atoms with Gasteiger partial charge in [0, 0.05) is 23.7 Å². The molecule has 0 amide bonds. The number of hydrogen-bond acceptors (Lipinski definition) is 10. The Morgan fingerprint density at radius 3 is 2.50 bits per heavy atom. The molecule has 4 rings (SSSR count). The highest BCUT2D eigenvalue weighted by Gasteiger charge is 2.31. The van der Waals surface area contributed by atoms with E-state index in [1.165, 1.54) is 32.4 Å². The highest BCUT2D eigenvalue weighted by molar-refractivity contribution is 7.93. The molecule has 10 nitrogen and oxygen atoms in total. The van der Waals surface area contributed by atoms with Crippen LogP contribution in [0.1, 0.15) is 34.6 Å². The van der Waals surface area contributed by atoms with Crippen LogP contribution in [0.2, 0.25) is 9.36 Å². The molecule has 0 radical (unpaired) electrons. The maximum atomic E-state index is 13.7. The Morgan fingerprint density at radius 2 is 1.85 bits per heavy atom. The molecule has 0 saturated carbocycles. The predicted molar refractivity (Wildman–Crippen MR) is 156 cm³/mol. The van der Waals surface area contributed by atoms with Crippen molar-refractivity contribution in [2.45, 2.75) is 18.7 Å². The number of rotatable bonds is 10. The summed E-state index contributed by atoms with van der Waals surface area (Å²) in [6.07, 6.45) is 0. The van der Waals surface area contributed by atoms with Gasteiger partial charge in [-0.3, -0.25) is 4.31 Å². The molecule has 0 aliphatic carbocycles. The fraction of sp³-hybridized carbons (Fsp3) is 0.269. The van der Waals surface area contributed by atoms with E-state index in [2.05, 4.69) is 10.2 Å². The largest absolute Gasteiger partial charge is 0.493 e. The fourth-order valence-electron chi connectivity index (χ4n) is 3.75. The molecule has 1 aliphatic rings. The number of nitrogens with zero attached hydrogens (tertiary/aromatic N) is 3. The number of methoxy groups -OCH3 is 1. The van der Waals surface area contributed by atoms with E-state index >= 15 is 0 Å². The second-order valence-corrected chi connectivity index (χ2v) is 12.2. The minimum absolute atomic E-state index is 0.0498. The molecule has 0 unspecified atom stereocenters. The Bertz CT molecular complexity index is 1600. The standard InChI is InChI=1S/C26H25Cl2N3O7S2/c1-5-36-20-8-7-18(12-21(20)35-4)31(3)40(33,34)22-13-23(28)39-24(22)19-14-38-25(30-29-19)15-9-16(11-17(27)10-15)26(32)37-6-2/h7-13H,5-6,14H2,1-4H3. The first-order chi connectivity index (χ1) is 19.1. The lowest BCUT2D eigenvalue weighted by molar-refractivity contribution is 0.0526. The second-order valence-electron chi connectivity index (χ2n) is 8.17. The van der Waals surface area contributed by atoms with Gasteiger partial charge in [0.05, 0.1) is 40.8 Å². The third-order valence-corrected chi connectivity index (χ3v) is 9.11. The summed E-state index contributed by atoms with van der Waals surface area (Å²) in [4.78, 5) is 12.4. The van der Waals surface area contributed by atoms with E-state index in [0.717, 1.165) is 15.6 Å². The van der Waals surface area contributed by atoms with Crippen molar-refractivity contribution >= 4 is 67.8 Å². The van der Waals surface area contributed by atoms with Gasteiger partial charge in [-0.25, -0.2) is 13.2 Å². The van der Waals surface area contributed by atoms with Gasteiger partial charge in [0.25, 0.3) is 10.0 Å². The molecule has 2 aromatic carbocycles. The highest BCUT2D eigenvalue weighted by atomic mass is 35.5. The van der Waals surface area contributed by atoms with Crippen LogP contribution < -0.4 is 13.8 Å². The van der Waals surface area contributed by atoms with Crippen molar-refractivity contribution in [1.29, 1.82) is 0 Å². The van der Waals surface area contributed by atoms with Crippen LogP contribution in [0.4, 0.5) is 5.69 Å². The van der Waals surface area contributed by atoms with Gasteiger partial charge >= 0.3 is 5.97 Å². The van der Waals surface area contributed by atoms with Gasteiger partial charge in [0.1, 0.15) is 17.2 Å². The predicted octanol–water partition coefficient (Wildman–Crippen LogP) is 5.65. The average molecular weight is 627 g/mol. The van der Waals surface area contributed by atoms with Gasteiger partial charge in [-0.1, -0.05) is 23.2 Å². The molecule has 212 valence electrons. The van der Waals surface area contributed by atoms with Crippen LogP contribution in [0.15, 0.2) is 57.6 Å². The number of carbonyl (C=O) groups is 1. The van der Waals surface area contributed by atoms with Crippen LogP contribution in [-0.4, -0.2) is 60.0 Å². The van der Waals surface area contributed by atoms with Crippen molar-refractivity contribution in [3.05, 3.63) is 67.8 Å². The summed E-state index contributed by atoms with van der Waals surface area (Å²) in [5, 5.41) is 8.64. The molecule has 2 heterocycles. The van der Waals surface area contributed by atoms with Gasteiger partial charge in [0.15, 0.2) is 11.5 Å². The zero-order chi connectivity index (χ0) is 29.0. The number of anilines is 1. The maximum absolute atomic E-state index is 13.7. The van der Waals surface area contributed by atoms with Crippen LogP contribution >= 0.6 is 34.5 Å². The van der Waals surface area contributed by atoms with Crippen molar-refractivity contribution in [3.63, 3.8) is 0 Å². The molecule has 40 heavy (non-hydrogen) atoms. The lowest BCUT2D eigenvalue weighted by atomic mass is 10.1. The molecule has 0 atom stereocenters. The number of halogens is 2. The summed E-state index contributed by atoms with van der Waals surface area (Å²) < 4.78 is 50.5. The molecule has 1 aliphatic heterocycles. The maximum Gasteiger partial charge on any atom is 0.338 e. The van der Waals surface area contributed by atoms with Crippen molar-refractivity contribution < 1.29 is 32.2 Å². The van der Waals surface area contributed by atoms with E-state index in [4.69, 9.17) is 42.1 Å². The summed E-state index contributed by atoms with van der Waals surface area (Å²) in [7, 11) is -1.18. The second kappa shape index (κ2) is 12.5. The molecule has 3 aromatic rings. The van der Waals surface area contributed by atoms with Crippen LogP contribution in [0.3, 0.4) is 0 Å². The SMILES string of the molecule is CCOC(=O)c1cc(Cl)cc(C2=NN=C(c3sc(Cl)cc3S(=O)(=O)N(C)c3ccc(OCC)c(OC)c3)CO2)c1. The van der Waals surface area contributed by atoms with Gasteiger partial charge in [-0.2, -0.15) is 0 Å². The van der Waals surface area contributed by atoms with Gasteiger partial charge in [-0.15, -0.1) is 21.5 Å². The first-order valence-corrected chi connectivity index (χ1v) is 14.9. The first kappa shape index (κ1) is 29.7. The minimum Gasteiger partial charge on any atom is -0.493 e. The van der Waals surface area contributed by atoms with Crippen molar-refractivity contribution in [3.8, 4) is 11.5 Å². The summed E-state index contributed by atoms with van der Waals surface area (Å²) in [6.45, 7) is 4.08. The summed E-state index contributed by atoms with van der Waals surface area (Å²) in [5.41, 5.74) is 1.27. The number of ether oxygens (including phenoxy) is 4. The number of thiophene rings is 1. The van der Waals surface area contributed by atoms with Crippen LogP contribution in [0.5, 0.6) is 11.5 Å². The van der Waals surface area contributed by atoms with E-state index < -0.39 is 16.0 Å². The Balaban J connectivity index is 1.66. The Labute approximate surface area is 245 Å². The summed E-state index contributed by atoms with van der Waals surface area (Å²) >= 11 is 13.5. The van der Waals surface area contributed by atoms with Gasteiger partial charge in [-0.05, 0) is 50.2 Å². The van der Waals surface area contributed by atoms with Crippen LogP contribution in [0.25, 0.3) is 0 Å². The number of esters is 1. The first-order valence-electron chi connectivity index (χ1n) is 11.9. The number of carbonyl (C=O) groups excluding carboxylic acids is 1. The van der Waals surface area contributed by atoms with E-state index in [0.29, 0.717) is 29.4 Å². The zero-order valence-corrected chi connectivity index (χ0v) is 25.1. The fourth-order valence-corrected chi connectivity index (χ4v) is 6.96. The molecular formula is C26H25Cl2N3O7S2. The molecule has 14 heteroatoms. The molecule has 0 fully saturated rings. The topological polar surface area (TPSA) is 116 Å². The quantitative estimate of drug-likeness (QED) is 0.267. The van der Waals surface area contributed by atoms with Gasteiger partial charge in [0.2, 0.25) is 5.90 Å². The van der Waals surface area contributed by atoms with E-state index in [1.54, 1.807) is 31.2 Å². The van der Waals surface area contributed by atoms with Gasteiger partial charge < -0.3 is 18.9 Å². The molecule has 0 bridgehead atoms. The van der Waals surface area contributed by atoms with E-state index in [1.807, 2.05) is 6.92 Å². The lowest BCUT2D eigenvalue weighted by Gasteiger charge is -2.21.